The molecular weight excluding hydrogens is 368 g/mol. The molecule has 1 N–H and O–H groups in total. The number of hydrogen-bond donors (Lipinski definition) is 1. The van der Waals surface area contributed by atoms with Gasteiger partial charge in [0.05, 0.1) is 17.4 Å². The second kappa shape index (κ2) is 8.79. The van der Waals surface area contributed by atoms with Crippen LogP contribution >= 0.6 is 11.3 Å². The number of nitrogens with one attached hydrogen (secondary N) is 1. The summed E-state index contributed by atoms with van der Waals surface area (Å²) in [6, 6.07) is 10.5. The average molecular weight is 395 g/mol. The number of nitrogens with zero attached hydrogens (tertiary/aromatic N) is 1. The van der Waals surface area contributed by atoms with Gasteiger partial charge in [0.2, 0.25) is 15.9 Å². The van der Waals surface area contributed by atoms with Gasteiger partial charge in [-0.3, -0.25) is 4.79 Å². The number of carbonyl (C=O) groups is 1. The maximum atomic E-state index is 12.5. The first-order valence-electron chi connectivity index (χ1n) is 8.72. The summed E-state index contributed by atoms with van der Waals surface area (Å²) in [4.78, 5) is 14.7. The van der Waals surface area contributed by atoms with Crippen LogP contribution in [0.3, 0.4) is 0 Å². The van der Waals surface area contributed by atoms with Crippen molar-refractivity contribution in [2.75, 3.05) is 13.1 Å². The third-order valence-electron chi connectivity index (χ3n) is 4.23. The molecule has 5 nitrogen and oxygen atoms in total. The maximum Gasteiger partial charge on any atom is 0.243 e. The number of sulfonamides is 1. The zero-order valence-corrected chi connectivity index (χ0v) is 17.3. The third kappa shape index (κ3) is 4.93. The molecule has 1 aromatic carbocycles. The monoisotopic (exact) mass is 394 g/mol. The van der Waals surface area contributed by atoms with Crippen molar-refractivity contribution in [2.24, 2.45) is 0 Å². The molecule has 0 saturated heterocycles. The molecule has 0 spiro atoms. The van der Waals surface area contributed by atoms with Gasteiger partial charge in [-0.25, -0.2) is 8.42 Å². The molecule has 142 valence electrons. The van der Waals surface area contributed by atoms with Crippen LogP contribution in [0.2, 0.25) is 0 Å². The SMILES string of the molecule is CCN(CC)S(=O)(=O)c1ccc(C(C)NC(=O)Cc2ccc(C)s2)cc1. The molecule has 7 heteroatoms. The standard InChI is InChI=1S/C19H26N2O3S2/c1-5-21(6-2)26(23,24)18-11-8-16(9-12-18)15(4)20-19(22)13-17-10-7-14(3)25-17/h7-12,15H,5-6,13H2,1-4H3,(H,20,22). The number of amides is 1. The molecule has 2 rings (SSSR count). The van der Waals surface area contributed by atoms with E-state index < -0.39 is 10.0 Å². The Hall–Kier alpha value is -1.70. The fraction of sp³-hybridized carbons (Fsp3) is 0.421. The Balaban J connectivity index is 2.04. The van der Waals surface area contributed by atoms with Gasteiger partial charge in [-0.1, -0.05) is 26.0 Å². The lowest BCUT2D eigenvalue weighted by Gasteiger charge is -2.19. The Labute approximate surface area is 160 Å². The first kappa shape index (κ1) is 20.6. The van der Waals surface area contributed by atoms with E-state index in [9.17, 15) is 13.2 Å². The van der Waals surface area contributed by atoms with E-state index in [1.807, 2.05) is 39.8 Å². The van der Waals surface area contributed by atoms with Crippen LogP contribution in [0.25, 0.3) is 0 Å². The summed E-state index contributed by atoms with van der Waals surface area (Å²) in [5.41, 5.74) is 0.874. The predicted octanol–water partition coefficient (Wildman–Crippen LogP) is 3.51. The van der Waals surface area contributed by atoms with Crippen molar-refractivity contribution in [1.29, 1.82) is 0 Å². The maximum absolute atomic E-state index is 12.5. The summed E-state index contributed by atoms with van der Waals surface area (Å²) in [5, 5.41) is 2.97. The van der Waals surface area contributed by atoms with Crippen LogP contribution in [0.4, 0.5) is 0 Å². The molecule has 0 saturated carbocycles. The lowest BCUT2D eigenvalue weighted by atomic mass is 10.1. The quantitative estimate of drug-likeness (QED) is 0.745. The molecule has 26 heavy (non-hydrogen) atoms. The van der Waals surface area contributed by atoms with E-state index in [-0.39, 0.29) is 16.8 Å². The van der Waals surface area contributed by atoms with Crippen LogP contribution in [0.1, 0.15) is 42.1 Å². The molecule has 0 aliphatic carbocycles. The highest BCUT2D eigenvalue weighted by atomic mass is 32.2. The van der Waals surface area contributed by atoms with Crippen molar-refractivity contribution in [2.45, 2.75) is 45.1 Å². The Morgan fingerprint density at radius 3 is 2.23 bits per heavy atom. The second-order valence-electron chi connectivity index (χ2n) is 6.14. The highest BCUT2D eigenvalue weighted by molar-refractivity contribution is 7.89. The molecule has 2 aromatic rings. The summed E-state index contributed by atoms with van der Waals surface area (Å²) < 4.78 is 26.5. The molecule has 1 aromatic heterocycles. The smallest absolute Gasteiger partial charge is 0.243 e. The van der Waals surface area contributed by atoms with Crippen molar-refractivity contribution < 1.29 is 13.2 Å². The summed E-state index contributed by atoms with van der Waals surface area (Å²) in [6.45, 7) is 8.43. The molecule has 1 atom stereocenters. The Morgan fingerprint density at radius 1 is 1.12 bits per heavy atom. The minimum atomic E-state index is -3.46. The minimum absolute atomic E-state index is 0.0424. The Bertz CT molecular complexity index is 838. The van der Waals surface area contributed by atoms with Crippen molar-refractivity contribution in [3.8, 4) is 0 Å². The fourth-order valence-corrected chi connectivity index (χ4v) is 5.10. The van der Waals surface area contributed by atoms with Crippen LogP contribution in [0, 0.1) is 6.92 Å². The van der Waals surface area contributed by atoms with Crippen LogP contribution in [0.5, 0.6) is 0 Å². The zero-order valence-electron chi connectivity index (χ0n) is 15.7. The van der Waals surface area contributed by atoms with E-state index in [4.69, 9.17) is 0 Å². The molecule has 1 amide bonds. The molecule has 1 unspecified atom stereocenters. The Morgan fingerprint density at radius 2 is 1.73 bits per heavy atom. The number of thiophene rings is 1. The number of benzene rings is 1. The largest absolute Gasteiger partial charge is 0.349 e. The predicted molar refractivity (Wildman–Crippen MR) is 106 cm³/mol. The van der Waals surface area contributed by atoms with Gasteiger partial charge in [0, 0.05) is 22.8 Å². The lowest BCUT2D eigenvalue weighted by molar-refractivity contribution is -0.121. The van der Waals surface area contributed by atoms with Crippen LogP contribution in [-0.4, -0.2) is 31.7 Å². The van der Waals surface area contributed by atoms with E-state index in [1.165, 1.54) is 9.18 Å². The summed E-state index contributed by atoms with van der Waals surface area (Å²) >= 11 is 1.62. The Kier molecular flexibility index (Phi) is 6.97. The summed E-state index contributed by atoms with van der Waals surface area (Å²) in [6.07, 6.45) is 0.358. The number of rotatable bonds is 8. The second-order valence-corrected chi connectivity index (χ2v) is 9.45. The van der Waals surface area contributed by atoms with E-state index in [1.54, 1.807) is 35.6 Å². The molecule has 0 aliphatic rings. The minimum Gasteiger partial charge on any atom is -0.349 e. The van der Waals surface area contributed by atoms with Crippen molar-refractivity contribution in [1.82, 2.24) is 9.62 Å². The normalized spacial score (nSPS) is 13.0. The van der Waals surface area contributed by atoms with Gasteiger partial charge in [-0.05, 0) is 43.7 Å². The third-order valence-corrected chi connectivity index (χ3v) is 7.30. The van der Waals surface area contributed by atoms with Gasteiger partial charge in [-0.2, -0.15) is 4.31 Å². The van der Waals surface area contributed by atoms with Crippen molar-refractivity contribution >= 4 is 27.3 Å². The van der Waals surface area contributed by atoms with Gasteiger partial charge in [-0.15, -0.1) is 11.3 Å². The number of hydrogen-bond acceptors (Lipinski definition) is 4. The lowest BCUT2D eigenvalue weighted by Crippen LogP contribution is -2.30. The van der Waals surface area contributed by atoms with Crippen molar-refractivity contribution in [3.05, 3.63) is 51.7 Å². The van der Waals surface area contributed by atoms with Gasteiger partial charge in [0.25, 0.3) is 0 Å². The highest BCUT2D eigenvalue weighted by Gasteiger charge is 2.21. The van der Waals surface area contributed by atoms with E-state index in [0.29, 0.717) is 19.5 Å². The summed E-state index contributed by atoms with van der Waals surface area (Å²) in [5.74, 6) is -0.0424. The zero-order chi connectivity index (χ0) is 19.3. The van der Waals surface area contributed by atoms with E-state index >= 15 is 0 Å². The summed E-state index contributed by atoms with van der Waals surface area (Å²) in [7, 11) is -3.46. The van der Waals surface area contributed by atoms with Gasteiger partial charge in [0.15, 0.2) is 0 Å². The molecular formula is C19H26N2O3S2. The topological polar surface area (TPSA) is 66.5 Å². The molecule has 0 aliphatic heterocycles. The van der Waals surface area contributed by atoms with Gasteiger partial charge >= 0.3 is 0 Å². The van der Waals surface area contributed by atoms with E-state index in [2.05, 4.69) is 5.32 Å². The van der Waals surface area contributed by atoms with Gasteiger partial charge in [0.1, 0.15) is 0 Å². The van der Waals surface area contributed by atoms with Crippen LogP contribution < -0.4 is 5.32 Å². The first-order chi connectivity index (χ1) is 12.3. The fourth-order valence-electron chi connectivity index (χ4n) is 2.76. The van der Waals surface area contributed by atoms with Gasteiger partial charge < -0.3 is 5.32 Å². The van der Waals surface area contributed by atoms with Crippen molar-refractivity contribution in [3.63, 3.8) is 0 Å². The molecule has 0 bridgehead atoms. The highest BCUT2D eigenvalue weighted by Crippen LogP contribution is 2.20. The molecule has 0 fully saturated rings. The van der Waals surface area contributed by atoms with E-state index in [0.717, 1.165) is 10.4 Å². The molecule has 1 heterocycles. The van der Waals surface area contributed by atoms with Crippen LogP contribution in [0.15, 0.2) is 41.3 Å². The average Bonchev–Trinajstić information content (AvgIpc) is 3.00. The first-order valence-corrected chi connectivity index (χ1v) is 11.0. The van der Waals surface area contributed by atoms with Crippen LogP contribution in [-0.2, 0) is 21.2 Å². The number of aryl methyl sites for hydroxylation is 1. The number of carbonyl (C=O) groups excluding carboxylic acids is 1. The molecule has 0 radical (unpaired) electrons.